The number of hydrogen-bond acceptors (Lipinski definition) is 7. The standard InChI is InChI=1S/C24H23N3O3S2/c1-5-30-23(29)16-6-7-18-19(11-16)32-24(25-18)26-20(28)12-31-21-10-14(3)17-9-13(2)8-15(4)22(17)27-21/h6-11H,5,12H2,1-4H3,(H,25,26,28). The number of pyridine rings is 1. The molecule has 0 fully saturated rings. The van der Waals surface area contributed by atoms with E-state index in [4.69, 9.17) is 9.72 Å². The van der Waals surface area contributed by atoms with Crippen molar-refractivity contribution < 1.29 is 14.3 Å². The third-order valence-corrected chi connectivity index (χ3v) is 6.77. The van der Waals surface area contributed by atoms with Gasteiger partial charge in [-0.15, -0.1) is 0 Å². The second-order valence-electron chi connectivity index (χ2n) is 7.51. The summed E-state index contributed by atoms with van der Waals surface area (Å²) in [6, 6.07) is 11.5. The Hall–Kier alpha value is -2.97. The topological polar surface area (TPSA) is 81.2 Å². The summed E-state index contributed by atoms with van der Waals surface area (Å²) in [4.78, 5) is 33.6. The average molecular weight is 466 g/mol. The lowest BCUT2D eigenvalue weighted by Gasteiger charge is -2.09. The van der Waals surface area contributed by atoms with E-state index >= 15 is 0 Å². The van der Waals surface area contributed by atoms with E-state index in [0.717, 1.165) is 37.3 Å². The number of rotatable bonds is 6. The van der Waals surface area contributed by atoms with Crippen LogP contribution in [-0.4, -0.2) is 34.2 Å². The van der Waals surface area contributed by atoms with Crippen LogP contribution in [0.15, 0.2) is 41.4 Å². The molecule has 0 atom stereocenters. The highest BCUT2D eigenvalue weighted by atomic mass is 32.2. The van der Waals surface area contributed by atoms with Gasteiger partial charge in [0.2, 0.25) is 5.91 Å². The number of thiazole rings is 1. The molecule has 0 aliphatic heterocycles. The van der Waals surface area contributed by atoms with E-state index in [1.807, 2.05) is 6.07 Å². The Morgan fingerprint density at radius 3 is 2.66 bits per heavy atom. The van der Waals surface area contributed by atoms with Gasteiger partial charge >= 0.3 is 5.97 Å². The van der Waals surface area contributed by atoms with Crippen molar-refractivity contribution in [2.24, 2.45) is 0 Å². The number of carbonyl (C=O) groups is 2. The van der Waals surface area contributed by atoms with Crippen LogP contribution in [0.3, 0.4) is 0 Å². The summed E-state index contributed by atoms with van der Waals surface area (Å²) in [5, 5.41) is 5.32. The Morgan fingerprint density at radius 1 is 1.06 bits per heavy atom. The monoisotopic (exact) mass is 465 g/mol. The second-order valence-corrected chi connectivity index (χ2v) is 9.54. The summed E-state index contributed by atoms with van der Waals surface area (Å²) < 4.78 is 5.85. The maximum absolute atomic E-state index is 12.5. The number of nitrogens with zero attached hydrogens (tertiary/aromatic N) is 2. The minimum atomic E-state index is -0.367. The van der Waals surface area contributed by atoms with Crippen molar-refractivity contribution in [2.75, 3.05) is 17.7 Å². The molecule has 0 saturated carbocycles. The van der Waals surface area contributed by atoms with Crippen molar-refractivity contribution in [3.05, 3.63) is 58.7 Å². The lowest BCUT2D eigenvalue weighted by Crippen LogP contribution is -2.13. The smallest absolute Gasteiger partial charge is 0.338 e. The first-order valence-corrected chi connectivity index (χ1v) is 12.0. The summed E-state index contributed by atoms with van der Waals surface area (Å²) in [5.74, 6) is -0.291. The molecular formula is C24H23N3O3S2. The Bertz CT molecular complexity index is 1350. The molecule has 2 aromatic carbocycles. The molecule has 2 aromatic heterocycles. The van der Waals surface area contributed by atoms with Gasteiger partial charge in [-0.2, -0.15) is 0 Å². The number of ether oxygens (including phenoxy) is 1. The van der Waals surface area contributed by atoms with Crippen molar-refractivity contribution >= 4 is 61.2 Å². The number of carbonyl (C=O) groups excluding carboxylic acids is 2. The van der Waals surface area contributed by atoms with Gasteiger partial charge in [-0.1, -0.05) is 34.7 Å². The summed E-state index contributed by atoms with van der Waals surface area (Å²) in [6.07, 6.45) is 0. The van der Waals surface area contributed by atoms with Crippen molar-refractivity contribution in [1.29, 1.82) is 0 Å². The maximum atomic E-state index is 12.5. The molecular weight excluding hydrogens is 442 g/mol. The summed E-state index contributed by atoms with van der Waals surface area (Å²) in [7, 11) is 0. The Morgan fingerprint density at radius 2 is 1.88 bits per heavy atom. The second kappa shape index (κ2) is 9.26. The van der Waals surface area contributed by atoms with Crippen LogP contribution in [0.2, 0.25) is 0 Å². The van der Waals surface area contributed by atoms with Crippen LogP contribution in [0.1, 0.15) is 34.0 Å². The van der Waals surface area contributed by atoms with Crippen LogP contribution in [0.25, 0.3) is 21.1 Å². The molecule has 8 heteroatoms. The van der Waals surface area contributed by atoms with E-state index in [2.05, 4.69) is 43.2 Å². The van der Waals surface area contributed by atoms with Gasteiger partial charge in [0.15, 0.2) is 5.13 Å². The number of esters is 1. The molecule has 1 amide bonds. The molecule has 0 spiro atoms. The number of thioether (sulfide) groups is 1. The molecule has 0 aliphatic carbocycles. The van der Waals surface area contributed by atoms with Crippen LogP contribution < -0.4 is 5.32 Å². The number of aromatic nitrogens is 2. The zero-order valence-corrected chi connectivity index (χ0v) is 19.9. The van der Waals surface area contributed by atoms with E-state index in [1.54, 1.807) is 25.1 Å². The van der Waals surface area contributed by atoms with Crippen molar-refractivity contribution in [1.82, 2.24) is 9.97 Å². The van der Waals surface area contributed by atoms with Gasteiger partial charge in [-0.25, -0.2) is 14.8 Å². The van der Waals surface area contributed by atoms with Crippen LogP contribution in [0.5, 0.6) is 0 Å². The molecule has 4 aromatic rings. The Kier molecular flexibility index (Phi) is 6.43. The molecule has 2 heterocycles. The maximum Gasteiger partial charge on any atom is 0.338 e. The summed E-state index contributed by atoms with van der Waals surface area (Å²) in [5.41, 5.74) is 5.66. The highest BCUT2D eigenvalue weighted by Crippen LogP contribution is 2.29. The first-order chi connectivity index (χ1) is 15.3. The first-order valence-electron chi connectivity index (χ1n) is 10.2. The summed E-state index contributed by atoms with van der Waals surface area (Å²) >= 11 is 2.73. The molecule has 0 unspecified atom stereocenters. The van der Waals surface area contributed by atoms with E-state index in [9.17, 15) is 9.59 Å². The molecule has 0 radical (unpaired) electrons. The zero-order chi connectivity index (χ0) is 22.8. The minimum absolute atomic E-state index is 0.153. The van der Waals surface area contributed by atoms with Gasteiger partial charge in [-0.3, -0.25) is 4.79 Å². The van der Waals surface area contributed by atoms with Gasteiger partial charge in [-0.05, 0) is 69.2 Å². The van der Waals surface area contributed by atoms with E-state index in [-0.39, 0.29) is 17.6 Å². The SMILES string of the molecule is CCOC(=O)c1ccc2nc(NC(=O)CSc3cc(C)c4cc(C)cc(C)c4n3)sc2c1. The zero-order valence-electron chi connectivity index (χ0n) is 18.3. The molecule has 0 saturated heterocycles. The number of fused-ring (bicyclic) bond motifs is 2. The van der Waals surface area contributed by atoms with Crippen molar-refractivity contribution in [3.8, 4) is 0 Å². The van der Waals surface area contributed by atoms with E-state index in [0.29, 0.717) is 17.3 Å². The number of amides is 1. The highest BCUT2D eigenvalue weighted by Gasteiger charge is 2.13. The van der Waals surface area contributed by atoms with Crippen molar-refractivity contribution in [2.45, 2.75) is 32.7 Å². The molecule has 164 valence electrons. The number of hydrogen-bond donors (Lipinski definition) is 1. The fraction of sp³-hybridized carbons (Fsp3) is 0.250. The minimum Gasteiger partial charge on any atom is -0.462 e. The number of anilines is 1. The van der Waals surface area contributed by atoms with Crippen molar-refractivity contribution in [3.63, 3.8) is 0 Å². The molecule has 6 nitrogen and oxygen atoms in total. The van der Waals surface area contributed by atoms with Crippen LogP contribution in [0, 0.1) is 20.8 Å². The fourth-order valence-electron chi connectivity index (χ4n) is 3.50. The van der Waals surface area contributed by atoms with E-state index in [1.165, 1.54) is 28.7 Å². The lowest BCUT2D eigenvalue weighted by atomic mass is 10.0. The number of nitrogens with one attached hydrogen (secondary N) is 1. The first kappa shape index (κ1) is 22.2. The third kappa shape index (κ3) is 4.76. The van der Waals surface area contributed by atoms with Crippen LogP contribution in [-0.2, 0) is 9.53 Å². The Balaban J connectivity index is 1.45. The third-order valence-electron chi connectivity index (χ3n) is 4.93. The normalized spacial score (nSPS) is 11.1. The van der Waals surface area contributed by atoms with Gasteiger partial charge in [0, 0.05) is 5.39 Å². The lowest BCUT2D eigenvalue weighted by molar-refractivity contribution is -0.113. The van der Waals surface area contributed by atoms with E-state index < -0.39 is 0 Å². The predicted octanol–water partition coefficient (Wildman–Crippen LogP) is 5.68. The van der Waals surface area contributed by atoms with Gasteiger partial charge in [0.25, 0.3) is 0 Å². The van der Waals surface area contributed by atoms with Gasteiger partial charge < -0.3 is 10.1 Å². The van der Waals surface area contributed by atoms with Crippen LogP contribution in [0.4, 0.5) is 5.13 Å². The van der Waals surface area contributed by atoms with Gasteiger partial charge in [0.05, 0.1) is 38.7 Å². The predicted molar refractivity (Wildman–Crippen MR) is 131 cm³/mol. The number of aryl methyl sites for hydroxylation is 3. The largest absolute Gasteiger partial charge is 0.462 e. The van der Waals surface area contributed by atoms with Gasteiger partial charge in [0.1, 0.15) is 0 Å². The quantitative estimate of drug-likeness (QED) is 0.292. The molecule has 0 bridgehead atoms. The molecule has 0 aliphatic rings. The summed E-state index contributed by atoms with van der Waals surface area (Å²) in [6.45, 7) is 8.30. The molecule has 1 N–H and O–H groups in total. The average Bonchev–Trinajstić information content (AvgIpc) is 3.14. The highest BCUT2D eigenvalue weighted by molar-refractivity contribution is 7.99. The molecule has 32 heavy (non-hydrogen) atoms. The Labute approximate surface area is 194 Å². The number of benzene rings is 2. The fourth-order valence-corrected chi connectivity index (χ4v) is 5.19. The van der Waals surface area contributed by atoms with Crippen LogP contribution >= 0.6 is 23.1 Å². The molecule has 4 rings (SSSR count).